The van der Waals surface area contributed by atoms with Crippen molar-refractivity contribution in [3.63, 3.8) is 0 Å². The third-order valence-corrected chi connectivity index (χ3v) is 7.51. The minimum Gasteiger partial charge on any atom is -0.508 e. The van der Waals surface area contributed by atoms with Crippen LogP contribution in [-0.2, 0) is 20.8 Å². The second-order valence-electron chi connectivity index (χ2n) is 9.78. The Labute approximate surface area is 214 Å². The molecule has 38 heavy (non-hydrogen) atoms. The van der Waals surface area contributed by atoms with Crippen LogP contribution in [0.2, 0.25) is 0 Å². The fraction of sp³-hybridized carbons (Fsp3) is 0.320. The van der Waals surface area contributed by atoms with Crippen molar-refractivity contribution < 1.29 is 44.1 Å². The van der Waals surface area contributed by atoms with Gasteiger partial charge in [-0.05, 0) is 50.6 Å². The van der Waals surface area contributed by atoms with E-state index in [1.54, 1.807) is 0 Å². The molecule has 4 atom stereocenters. The Balaban J connectivity index is 1.66. The Bertz CT molecular complexity index is 1470. The average Bonchev–Trinajstić information content (AvgIpc) is 3.38. The topological polar surface area (TPSA) is 217 Å². The Morgan fingerprint density at radius 2 is 1.89 bits per heavy atom. The van der Waals surface area contributed by atoms with Gasteiger partial charge in [-0.3, -0.25) is 24.1 Å². The maximum Gasteiger partial charge on any atom is 0.294 e. The van der Waals surface area contributed by atoms with Crippen LogP contribution in [0.4, 0.5) is 5.69 Å². The van der Waals surface area contributed by atoms with Crippen molar-refractivity contribution in [2.45, 2.75) is 24.5 Å². The van der Waals surface area contributed by atoms with Gasteiger partial charge in [0.05, 0.1) is 17.8 Å². The number of likely N-dealkylation sites (N-methyl/N-ethyl adjacent to an activating group) is 1. The molecule has 2 aromatic rings. The number of aromatic nitrogens is 1. The Morgan fingerprint density at radius 1 is 1.18 bits per heavy atom. The first-order valence-corrected chi connectivity index (χ1v) is 11.6. The van der Waals surface area contributed by atoms with Gasteiger partial charge in [0.15, 0.2) is 11.4 Å². The number of aromatic hydroxyl groups is 1. The molecule has 198 valence electrons. The predicted octanol–water partition coefficient (Wildman–Crippen LogP) is 0.204. The van der Waals surface area contributed by atoms with Crippen molar-refractivity contribution >= 4 is 34.8 Å². The molecule has 1 saturated carbocycles. The minimum atomic E-state index is -2.72. The molecule has 0 aliphatic heterocycles. The largest absolute Gasteiger partial charge is 0.508 e. The zero-order valence-corrected chi connectivity index (χ0v) is 20.3. The molecule has 1 aromatic carbocycles. The molecule has 0 bridgehead atoms. The van der Waals surface area contributed by atoms with E-state index in [1.165, 1.54) is 43.4 Å². The molecule has 13 heteroatoms. The van der Waals surface area contributed by atoms with Gasteiger partial charge in [-0.25, -0.2) is 0 Å². The number of rotatable bonds is 4. The number of aliphatic hydroxyl groups is 3. The van der Waals surface area contributed by atoms with Crippen LogP contribution in [0.3, 0.4) is 0 Å². The summed E-state index contributed by atoms with van der Waals surface area (Å²) in [6.07, 6.45) is 1.24. The van der Waals surface area contributed by atoms with Crippen LogP contribution < -0.4 is 11.1 Å². The third kappa shape index (κ3) is 3.35. The highest BCUT2D eigenvalue weighted by Gasteiger charge is 2.64. The van der Waals surface area contributed by atoms with Gasteiger partial charge in [0.25, 0.3) is 11.8 Å². The monoisotopic (exact) mass is 524 g/mol. The van der Waals surface area contributed by atoms with E-state index >= 15 is 0 Å². The highest BCUT2D eigenvalue weighted by molar-refractivity contribution is 6.24. The smallest absolute Gasteiger partial charge is 0.294 e. The summed E-state index contributed by atoms with van der Waals surface area (Å²) < 4.78 is 4.87. The standard InChI is InChI=1S/C25H24N4O9/c1-29(2)18-11-8-9-7-10-12(28-24(36)14-5-6-27-38-14)3-4-13(30)16(10)19(31)15(9)21(33)25(11,37)22(34)17(20(18)32)23(26)35/h3-6,9,11,18,30-31,34,37H,7-8H2,1-2H3,(H2,26,35)(H,28,36)/t9-,11-,18-,25-/m1/s1. The van der Waals surface area contributed by atoms with E-state index in [0.29, 0.717) is 5.56 Å². The molecule has 2 amide bonds. The van der Waals surface area contributed by atoms with E-state index in [9.17, 15) is 39.6 Å². The number of ketones is 2. The highest BCUT2D eigenvalue weighted by Crippen LogP contribution is 2.53. The first-order chi connectivity index (χ1) is 17.9. The summed E-state index contributed by atoms with van der Waals surface area (Å²) >= 11 is 0. The Morgan fingerprint density at radius 3 is 2.50 bits per heavy atom. The van der Waals surface area contributed by atoms with Gasteiger partial charge >= 0.3 is 0 Å². The first-order valence-electron chi connectivity index (χ1n) is 11.6. The van der Waals surface area contributed by atoms with Gasteiger partial charge in [0, 0.05) is 23.2 Å². The SMILES string of the molecule is CN(C)[C@H]1C(=O)C(C(N)=O)=C(O)[C@]2(O)C(=O)C3=C(O)c4c(O)ccc(NC(=O)c5ccno5)c4C[C@@H]3C[C@H]12. The lowest BCUT2D eigenvalue weighted by Crippen LogP contribution is -2.65. The fourth-order valence-electron chi connectivity index (χ4n) is 5.88. The van der Waals surface area contributed by atoms with Gasteiger partial charge in [0.2, 0.25) is 11.5 Å². The van der Waals surface area contributed by atoms with Crippen molar-refractivity contribution in [1.82, 2.24) is 10.1 Å². The molecule has 3 aliphatic carbocycles. The van der Waals surface area contributed by atoms with E-state index in [2.05, 4.69) is 10.5 Å². The molecule has 1 fully saturated rings. The van der Waals surface area contributed by atoms with E-state index in [0.717, 1.165) is 0 Å². The van der Waals surface area contributed by atoms with Crippen LogP contribution in [0.1, 0.15) is 28.1 Å². The van der Waals surface area contributed by atoms with Gasteiger partial charge < -0.3 is 36.0 Å². The molecule has 0 saturated heterocycles. The number of anilines is 1. The van der Waals surface area contributed by atoms with Crippen molar-refractivity contribution in [3.05, 3.63) is 58.2 Å². The number of hydrogen-bond acceptors (Lipinski definition) is 11. The van der Waals surface area contributed by atoms with Crippen LogP contribution in [0.15, 0.2) is 45.8 Å². The van der Waals surface area contributed by atoms with E-state index in [1.807, 2.05) is 0 Å². The number of nitrogens with two attached hydrogens (primary N) is 1. The van der Waals surface area contributed by atoms with Crippen molar-refractivity contribution in [2.75, 3.05) is 19.4 Å². The van der Waals surface area contributed by atoms with Crippen LogP contribution in [0, 0.1) is 11.8 Å². The third-order valence-electron chi connectivity index (χ3n) is 7.51. The molecular weight excluding hydrogens is 500 g/mol. The van der Waals surface area contributed by atoms with Crippen molar-refractivity contribution in [3.8, 4) is 5.75 Å². The number of hydrogen-bond donors (Lipinski definition) is 6. The molecule has 0 radical (unpaired) electrons. The number of phenols is 1. The van der Waals surface area contributed by atoms with Gasteiger partial charge in [0.1, 0.15) is 22.8 Å². The molecule has 3 aliphatic rings. The van der Waals surface area contributed by atoms with E-state index in [4.69, 9.17) is 10.3 Å². The summed E-state index contributed by atoms with van der Waals surface area (Å²) in [5.74, 6) is -8.18. The van der Waals surface area contributed by atoms with Crippen molar-refractivity contribution in [2.24, 2.45) is 17.6 Å². The summed E-state index contributed by atoms with van der Waals surface area (Å²) in [5, 5.41) is 50.4. The van der Waals surface area contributed by atoms with E-state index in [-0.39, 0.29) is 35.4 Å². The number of amides is 2. The normalized spacial score (nSPS) is 26.7. The minimum absolute atomic E-state index is 0.0228. The lowest BCUT2D eigenvalue weighted by Gasteiger charge is -2.50. The molecule has 1 aromatic heterocycles. The van der Waals surface area contributed by atoms with Crippen LogP contribution in [-0.4, -0.2) is 79.6 Å². The summed E-state index contributed by atoms with van der Waals surface area (Å²) in [6.45, 7) is 0. The average molecular weight is 524 g/mol. The number of Topliss-reactive ketones (excluding diaryl/α,β-unsaturated/α-hetero) is 2. The van der Waals surface area contributed by atoms with E-state index < -0.39 is 69.7 Å². The van der Waals surface area contributed by atoms with Gasteiger partial charge in [-0.1, -0.05) is 5.16 Å². The summed E-state index contributed by atoms with van der Waals surface area (Å²) in [4.78, 5) is 53.0. The number of benzene rings is 1. The number of nitrogens with one attached hydrogen (secondary N) is 1. The van der Waals surface area contributed by atoms with Crippen LogP contribution in [0.5, 0.6) is 5.75 Å². The molecule has 0 unspecified atom stereocenters. The maximum atomic E-state index is 13.8. The number of carbonyl (C=O) groups is 4. The first kappa shape index (κ1) is 25.2. The Kier molecular flexibility index (Phi) is 5.65. The quantitative estimate of drug-likeness (QED) is 0.234. The molecule has 0 spiro atoms. The van der Waals surface area contributed by atoms with Crippen LogP contribution >= 0.6 is 0 Å². The molecular formula is C25H24N4O9. The fourth-order valence-corrected chi connectivity index (χ4v) is 5.88. The lowest BCUT2D eigenvalue weighted by atomic mass is 9.57. The molecule has 1 heterocycles. The second kappa shape index (κ2) is 8.53. The number of primary amides is 1. The molecule has 7 N–H and O–H groups in total. The maximum absolute atomic E-state index is 13.8. The van der Waals surface area contributed by atoms with Crippen LogP contribution in [0.25, 0.3) is 5.76 Å². The highest BCUT2D eigenvalue weighted by atomic mass is 16.5. The zero-order chi connectivity index (χ0) is 27.7. The number of phenolic OH excluding ortho intramolecular Hbond substituents is 1. The molecule has 13 nitrogen and oxygen atoms in total. The van der Waals surface area contributed by atoms with Gasteiger partial charge in [-0.15, -0.1) is 0 Å². The second-order valence-corrected chi connectivity index (χ2v) is 9.78. The summed E-state index contributed by atoms with van der Waals surface area (Å²) in [7, 11) is 3.03. The number of fused-ring (bicyclic) bond motifs is 3. The predicted molar refractivity (Wildman–Crippen MR) is 129 cm³/mol. The number of nitrogens with zero attached hydrogens (tertiary/aromatic N) is 2. The lowest BCUT2D eigenvalue weighted by molar-refractivity contribution is -0.153. The van der Waals surface area contributed by atoms with Gasteiger partial charge in [-0.2, -0.15) is 0 Å². The summed E-state index contributed by atoms with van der Waals surface area (Å²) in [5.41, 5.74) is 1.81. The number of carbonyl (C=O) groups excluding carboxylic acids is 4. The number of aliphatic hydroxyl groups excluding tert-OH is 2. The molecule has 5 rings (SSSR count). The Hall–Kier alpha value is -4.49. The summed E-state index contributed by atoms with van der Waals surface area (Å²) in [6, 6.07) is 2.78. The zero-order valence-electron chi connectivity index (χ0n) is 20.3. The van der Waals surface area contributed by atoms with Crippen molar-refractivity contribution in [1.29, 1.82) is 0 Å².